The lowest BCUT2D eigenvalue weighted by Gasteiger charge is -2.19. The molecule has 0 N–H and O–H groups in total. The highest BCUT2D eigenvalue weighted by Crippen LogP contribution is 2.23. The molecule has 0 fully saturated rings. The van der Waals surface area contributed by atoms with Gasteiger partial charge in [-0.3, -0.25) is 8.75 Å². The quantitative estimate of drug-likeness (QED) is 0.599. The number of hydrogen-bond donors (Lipinski definition) is 0. The van der Waals surface area contributed by atoms with Crippen molar-refractivity contribution >= 4 is 35.3 Å². The Morgan fingerprint density at radius 1 is 1.32 bits per heavy atom. The Balaban J connectivity index is 2.56. The average Bonchev–Trinajstić information content (AvgIpc) is 2.95. The predicted molar refractivity (Wildman–Crippen MR) is 99.8 cm³/mol. The Morgan fingerprint density at radius 3 is 2.64 bits per heavy atom. The fourth-order valence-corrected chi connectivity index (χ4v) is 3.10. The van der Waals surface area contributed by atoms with Gasteiger partial charge in [-0.15, -0.1) is 0 Å². The zero-order valence-corrected chi connectivity index (χ0v) is 16.3. The van der Waals surface area contributed by atoms with Crippen molar-refractivity contribution in [2.75, 3.05) is 14.2 Å². The minimum atomic E-state index is -0.436. The normalized spacial score (nSPS) is 12.6. The summed E-state index contributed by atoms with van der Waals surface area (Å²) in [6.45, 7) is 6.19. The molecule has 2 aromatic rings. The highest BCUT2D eigenvalue weighted by molar-refractivity contribution is 7.04. The van der Waals surface area contributed by atoms with E-state index in [4.69, 9.17) is 21.2 Å². The zero-order chi connectivity index (χ0) is 18.6. The molecule has 0 saturated heterocycles. The minimum absolute atomic E-state index is 0.148. The lowest BCUT2D eigenvalue weighted by molar-refractivity contribution is 0.0996. The molecular weight excluding hydrogens is 362 g/mol. The van der Waals surface area contributed by atoms with Crippen LogP contribution < -0.4 is 9.41 Å². The molecule has 0 aliphatic carbocycles. The summed E-state index contributed by atoms with van der Waals surface area (Å²) in [4.78, 5) is 21.6. The molecule has 0 saturated carbocycles. The van der Waals surface area contributed by atoms with Gasteiger partial charge in [-0.2, -0.15) is 4.99 Å². The van der Waals surface area contributed by atoms with Gasteiger partial charge in [-0.25, -0.2) is 0 Å². The number of nitrogens with zero attached hydrogens (tertiary/aromatic N) is 3. The topological polar surface area (TPSA) is 65.2 Å². The van der Waals surface area contributed by atoms with Crippen LogP contribution >= 0.6 is 23.1 Å². The van der Waals surface area contributed by atoms with Crippen LogP contribution in [0.3, 0.4) is 0 Å². The minimum Gasteiger partial charge on any atom is -0.496 e. The standard InChI is InChI=1S/C17H20ClN3O3S/c1-17(2,3)21-10-11(9-19-24-5)16(25-21)20-15(22)13-8-12(18)6-7-14(13)23-4/h6-10H,1-5H3/b19-9+,20-16?. The van der Waals surface area contributed by atoms with Gasteiger partial charge in [0.05, 0.1) is 24.5 Å². The second-order valence-electron chi connectivity index (χ2n) is 6.16. The lowest BCUT2D eigenvalue weighted by atomic mass is 10.1. The number of carbonyl (C=O) groups is 1. The molecular formula is C17H20ClN3O3S. The van der Waals surface area contributed by atoms with Crippen LogP contribution in [0.4, 0.5) is 0 Å². The van der Waals surface area contributed by atoms with Gasteiger partial charge in [0.1, 0.15) is 17.5 Å². The summed E-state index contributed by atoms with van der Waals surface area (Å²) in [7, 11) is 2.95. The Kier molecular flexibility index (Phi) is 6.02. The molecule has 134 valence electrons. The van der Waals surface area contributed by atoms with E-state index in [1.165, 1.54) is 32.0 Å². The van der Waals surface area contributed by atoms with Crippen LogP contribution in [0.2, 0.25) is 5.02 Å². The number of ether oxygens (including phenoxy) is 1. The number of aromatic nitrogens is 1. The number of amides is 1. The molecule has 1 aromatic heterocycles. The molecule has 1 aromatic carbocycles. The monoisotopic (exact) mass is 381 g/mol. The molecule has 0 spiro atoms. The second-order valence-corrected chi connectivity index (χ2v) is 7.56. The Labute approximate surface area is 155 Å². The highest BCUT2D eigenvalue weighted by atomic mass is 35.5. The summed E-state index contributed by atoms with van der Waals surface area (Å²) in [6.07, 6.45) is 3.41. The van der Waals surface area contributed by atoms with Crippen LogP contribution in [0.15, 0.2) is 34.5 Å². The van der Waals surface area contributed by atoms with Gasteiger partial charge in [0, 0.05) is 16.8 Å². The van der Waals surface area contributed by atoms with Crippen molar-refractivity contribution in [1.29, 1.82) is 0 Å². The Morgan fingerprint density at radius 2 is 2.04 bits per heavy atom. The van der Waals surface area contributed by atoms with Gasteiger partial charge in [-0.05, 0) is 50.5 Å². The van der Waals surface area contributed by atoms with E-state index in [0.717, 1.165) is 0 Å². The van der Waals surface area contributed by atoms with Gasteiger partial charge in [0.2, 0.25) is 0 Å². The third-order valence-electron chi connectivity index (χ3n) is 3.24. The van der Waals surface area contributed by atoms with Crippen molar-refractivity contribution in [3.8, 4) is 5.75 Å². The molecule has 0 unspecified atom stereocenters. The first-order valence-electron chi connectivity index (χ1n) is 7.49. The van der Waals surface area contributed by atoms with Crippen LogP contribution in [0, 0.1) is 0 Å². The van der Waals surface area contributed by atoms with Gasteiger partial charge in [0.25, 0.3) is 5.91 Å². The van der Waals surface area contributed by atoms with E-state index in [-0.39, 0.29) is 5.54 Å². The average molecular weight is 382 g/mol. The molecule has 0 aliphatic rings. The zero-order valence-electron chi connectivity index (χ0n) is 14.7. The number of oxime groups is 1. The predicted octanol–water partition coefficient (Wildman–Crippen LogP) is 3.69. The first kappa shape index (κ1) is 19.2. The van der Waals surface area contributed by atoms with Crippen molar-refractivity contribution in [3.05, 3.63) is 45.2 Å². The Bertz CT molecular complexity index is 863. The molecule has 0 radical (unpaired) electrons. The van der Waals surface area contributed by atoms with Crippen molar-refractivity contribution in [1.82, 2.24) is 3.96 Å². The maximum absolute atomic E-state index is 12.6. The SMILES string of the molecule is CO/N=C/c1cn(C(C)(C)C)sc1=NC(=O)c1cc(Cl)ccc1OC. The highest BCUT2D eigenvalue weighted by Gasteiger charge is 2.17. The molecule has 2 rings (SSSR count). The van der Waals surface area contributed by atoms with Crippen LogP contribution in [0.1, 0.15) is 36.7 Å². The molecule has 6 nitrogen and oxygen atoms in total. The summed E-state index contributed by atoms with van der Waals surface area (Å²) in [5, 5.41) is 4.22. The van der Waals surface area contributed by atoms with Crippen molar-refractivity contribution in [3.63, 3.8) is 0 Å². The molecule has 1 amide bonds. The van der Waals surface area contributed by atoms with E-state index in [1.54, 1.807) is 18.2 Å². The van der Waals surface area contributed by atoms with E-state index in [0.29, 0.717) is 26.6 Å². The lowest BCUT2D eigenvalue weighted by Crippen LogP contribution is -2.18. The smallest absolute Gasteiger partial charge is 0.282 e. The number of rotatable bonds is 4. The summed E-state index contributed by atoms with van der Waals surface area (Å²) < 4.78 is 7.76. The maximum Gasteiger partial charge on any atom is 0.282 e. The molecule has 0 atom stereocenters. The van der Waals surface area contributed by atoms with Gasteiger partial charge in [-0.1, -0.05) is 16.8 Å². The molecule has 8 heteroatoms. The van der Waals surface area contributed by atoms with E-state index in [9.17, 15) is 4.79 Å². The van der Waals surface area contributed by atoms with Crippen LogP contribution in [-0.4, -0.2) is 30.3 Å². The Hall–Kier alpha value is -2.12. The van der Waals surface area contributed by atoms with Crippen LogP contribution in [0.25, 0.3) is 0 Å². The van der Waals surface area contributed by atoms with Crippen LogP contribution in [-0.2, 0) is 10.4 Å². The van der Waals surface area contributed by atoms with Gasteiger partial charge in [0.15, 0.2) is 0 Å². The number of methoxy groups -OCH3 is 1. The van der Waals surface area contributed by atoms with E-state index >= 15 is 0 Å². The number of benzene rings is 1. The molecule has 1 heterocycles. The van der Waals surface area contributed by atoms with Crippen molar-refractivity contribution < 1.29 is 14.4 Å². The third kappa shape index (κ3) is 4.70. The van der Waals surface area contributed by atoms with Crippen LogP contribution in [0.5, 0.6) is 5.75 Å². The van der Waals surface area contributed by atoms with Crippen molar-refractivity contribution in [2.45, 2.75) is 26.3 Å². The molecule has 0 aliphatic heterocycles. The summed E-state index contributed by atoms with van der Waals surface area (Å²) >= 11 is 7.36. The molecule has 0 bridgehead atoms. The third-order valence-corrected chi connectivity index (χ3v) is 4.83. The second kappa shape index (κ2) is 7.84. The fourth-order valence-electron chi connectivity index (χ4n) is 1.97. The van der Waals surface area contributed by atoms with Gasteiger partial charge >= 0.3 is 0 Å². The summed E-state index contributed by atoms with van der Waals surface area (Å²) in [5.41, 5.74) is 0.849. The van der Waals surface area contributed by atoms with E-state index in [1.807, 2.05) is 10.2 Å². The first-order chi connectivity index (χ1) is 11.8. The molecule has 25 heavy (non-hydrogen) atoms. The largest absolute Gasteiger partial charge is 0.496 e. The fraction of sp³-hybridized carbons (Fsp3) is 0.353. The summed E-state index contributed by atoms with van der Waals surface area (Å²) in [6, 6.07) is 4.84. The van der Waals surface area contributed by atoms with E-state index in [2.05, 4.69) is 30.9 Å². The number of halogens is 1. The van der Waals surface area contributed by atoms with Crippen molar-refractivity contribution in [2.24, 2.45) is 10.1 Å². The van der Waals surface area contributed by atoms with Gasteiger partial charge < -0.3 is 9.57 Å². The number of carbonyl (C=O) groups excluding carboxylic acids is 1. The first-order valence-corrected chi connectivity index (χ1v) is 8.64. The summed E-state index contributed by atoms with van der Waals surface area (Å²) in [5.74, 6) is -0.0140. The number of hydrogen-bond acceptors (Lipinski definition) is 5. The van der Waals surface area contributed by atoms with E-state index < -0.39 is 5.91 Å². The maximum atomic E-state index is 12.6.